The maximum absolute atomic E-state index is 12.9. The summed E-state index contributed by atoms with van der Waals surface area (Å²) in [5.74, 6) is -0.920. The lowest BCUT2D eigenvalue weighted by Gasteiger charge is -2.13. The molecule has 0 bridgehead atoms. The van der Waals surface area contributed by atoms with Gasteiger partial charge in [-0.3, -0.25) is 0 Å². The van der Waals surface area contributed by atoms with E-state index in [-0.39, 0.29) is 21.6 Å². The van der Waals surface area contributed by atoms with Gasteiger partial charge in [-0.05, 0) is 29.5 Å². The maximum Gasteiger partial charge on any atom is 0.340 e. The van der Waals surface area contributed by atoms with Crippen LogP contribution in [0.3, 0.4) is 0 Å². The largest absolute Gasteiger partial charge is 0.493 e. The van der Waals surface area contributed by atoms with Crippen LogP contribution in [-0.2, 0) is 4.74 Å². The number of rotatable bonds is 4. The van der Waals surface area contributed by atoms with Gasteiger partial charge in [0.05, 0.1) is 24.8 Å². The molecule has 1 rings (SSSR count). The predicted octanol–water partition coefficient (Wildman–Crippen LogP) is 2.81. The van der Waals surface area contributed by atoms with Crippen molar-refractivity contribution in [3.05, 3.63) is 21.0 Å². The number of aromatic nitrogens is 1. The minimum absolute atomic E-state index is 0.0915. The number of hydrogen-bond donors (Lipinski definition) is 0. The number of hydrogen-bond acceptors (Lipinski definition) is 4. The molecule has 0 radical (unpaired) electrons. The third-order valence-electron chi connectivity index (χ3n) is 1.95. The van der Waals surface area contributed by atoms with Crippen molar-refractivity contribution < 1.29 is 23.0 Å². The molecule has 0 spiro atoms. The zero-order valence-electron chi connectivity index (χ0n) is 9.17. The zero-order valence-corrected chi connectivity index (χ0v) is 11.3. The van der Waals surface area contributed by atoms with E-state index < -0.39 is 18.0 Å². The second-order valence-electron chi connectivity index (χ2n) is 2.93. The maximum atomic E-state index is 12.9. The first-order chi connectivity index (χ1) is 8.02. The first-order valence-corrected chi connectivity index (χ1v) is 5.78. The number of nitrogens with zero attached hydrogens (tertiary/aromatic N) is 1. The molecule has 1 heterocycles. The van der Waals surface area contributed by atoms with E-state index in [0.717, 1.165) is 6.20 Å². The molecule has 0 aromatic carbocycles. The normalized spacial score (nSPS) is 10.5. The molecule has 0 aliphatic heterocycles. The molecule has 1 aromatic heterocycles. The molecule has 7 heteroatoms. The monoisotopic (exact) mass is 357 g/mol. The highest BCUT2D eigenvalue weighted by Crippen LogP contribution is 2.34. The van der Waals surface area contributed by atoms with Crippen LogP contribution in [0.25, 0.3) is 0 Å². The van der Waals surface area contributed by atoms with Gasteiger partial charge in [-0.1, -0.05) is 0 Å². The third-order valence-corrected chi connectivity index (χ3v) is 2.72. The van der Waals surface area contributed by atoms with Crippen molar-refractivity contribution >= 4 is 28.6 Å². The Kier molecular flexibility index (Phi) is 5.03. The summed E-state index contributed by atoms with van der Waals surface area (Å²) in [5, 5.41) is 0. The van der Waals surface area contributed by atoms with Gasteiger partial charge in [-0.15, -0.1) is 0 Å². The number of esters is 1. The van der Waals surface area contributed by atoms with Crippen LogP contribution in [-0.4, -0.2) is 24.7 Å². The van der Waals surface area contributed by atoms with Crippen LogP contribution in [0.15, 0.2) is 6.20 Å². The van der Waals surface area contributed by atoms with Crippen molar-refractivity contribution in [2.45, 2.75) is 13.3 Å². The first-order valence-electron chi connectivity index (χ1n) is 4.70. The molecule has 0 aliphatic carbocycles. The van der Waals surface area contributed by atoms with Gasteiger partial charge in [0.1, 0.15) is 3.70 Å². The van der Waals surface area contributed by atoms with Gasteiger partial charge in [0.25, 0.3) is 6.43 Å². The van der Waals surface area contributed by atoms with Crippen molar-refractivity contribution in [2.24, 2.45) is 0 Å². The number of halogens is 3. The smallest absolute Gasteiger partial charge is 0.340 e. The van der Waals surface area contributed by atoms with Crippen LogP contribution >= 0.6 is 22.6 Å². The van der Waals surface area contributed by atoms with E-state index in [2.05, 4.69) is 9.72 Å². The molecule has 17 heavy (non-hydrogen) atoms. The lowest BCUT2D eigenvalue weighted by Crippen LogP contribution is -2.11. The third kappa shape index (κ3) is 3.02. The van der Waals surface area contributed by atoms with Crippen molar-refractivity contribution in [1.29, 1.82) is 0 Å². The molecular weight excluding hydrogens is 347 g/mol. The average molecular weight is 357 g/mol. The van der Waals surface area contributed by atoms with Crippen LogP contribution in [0.4, 0.5) is 8.78 Å². The summed E-state index contributed by atoms with van der Waals surface area (Å²) in [5.41, 5.74) is -0.746. The predicted molar refractivity (Wildman–Crippen MR) is 64.4 cm³/mol. The van der Waals surface area contributed by atoms with Crippen molar-refractivity contribution in [2.75, 3.05) is 13.7 Å². The Labute approximate surface area is 110 Å². The van der Waals surface area contributed by atoms with Gasteiger partial charge in [0.2, 0.25) is 0 Å². The Balaban J connectivity index is 3.35. The molecule has 0 amide bonds. The van der Waals surface area contributed by atoms with Gasteiger partial charge in [0.15, 0.2) is 5.75 Å². The van der Waals surface area contributed by atoms with Gasteiger partial charge in [0, 0.05) is 6.20 Å². The lowest BCUT2D eigenvalue weighted by molar-refractivity contribution is 0.0513. The van der Waals surface area contributed by atoms with E-state index in [1.807, 2.05) is 0 Å². The Morgan fingerprint density at radius 1 is 1.59 bits per heavy atom. The molecule has 0 N–H and O–H groups in total. The Bertz CT molecular complexity index is 426. The Hall–Kier alpha value is -0.990. The molecule has 0 atom stereocenters. The highest BCUT2D eigenvalue weighted by molar-refractivity contribution is 14.1. The fourth-order valence-electron chi connectivity index (χ4n) is 1.27. The second-order valence-corrected chi connectivity index (χ2v) is 3.95. The van der Waals surface area contributed by atoms with E-state index in [4.69, 9.17) is 4.74 Å². The number of alkyl halides is 2. The second kappa shape index (κ2) is 6.08. The summed E-state index contributed by atoms with van der Waals surface area (Å²) in [7, 11) is 1.25. The summed E-state index contributed by atoms with van der Waals surface area (Å²) in [4.78, 5) is 15.3. The fraction of sp³-hybridized carbons (Fsp3) is 0.400. The molecule has 0 unspecified atom stereocenters. The summed E-state index contributed by atoms with van der Waals surface area (Å²) in [6.45, 7) is 1.70. The summed E-state index contributed by atoms with van der Waals surface area (Å²) in [6.07, 6.45) is -1.76. The lowest BCUT2D eigenvalue weighted by atomic mass is 10.1. The Morgan fingerprint density at radius 3 is 2.71 bits per heavy atom. The van der Waals surface area contributed by atoms with Crippen LogP contribution in [0.2, 0.25) is 0 Å². The van der Waals surface area contributed by atoms with E-state index in [0.29, 0.717) is 0 Å². The van der Waals surface area contributed by atoms with E-state index in [9.17, 15) is 13.6 Å². The van der Waals surface area contributed by atoms with E-state index >= 15 is 0 Å². The quantitative estimate of drug-likeness (QED) is 0.473. The van der Waals surface area contributed by atoms with E-state index in [1.165, 1.54) is 7.11 Å². The molecule has 1 aromatic rings. The summed E-state index contributed by atoms with van der Waals surface area (Å²) < 4.78 is 35.7. The zero-order chi connectivity index (χ0) is 13.0. The highest BCUT2D eigenvalue weighted by Gasteiger charge is 2.26. The molecule has 4 nitrogen and oxygen atoms in total. The van der Waals surface area contributed by atoms with Crippen LogP contribution in [0, 0.1) is 3.70 Å². The number of methoxy groups -OCH3 is 1. The SMILES string of the molecule is CCOC(=O)c1cnc(I)c(OC)c1C(F)F. The van der Waals surface area contributed by atoms with Gasteiger partial charge in [-0.25, -0.2) is 18.6 Å². The standard InChI is InChI=1S/C10H10F2INO3/c1-3-17-10(15)5-4-14-9(13)7(16-2)6(5)8(11)12/h4,8H,3H2,1-2H3. The molecule has 94 valence electrons. The van der Waals surface area contributed by atoms with Crippen LogP contribution < -0.4 is 4.74 Å². The molecule has 0 saturated carbocycles. The number of ether oxygens (including phenoxy) is 2. The Morgan fingerprint density at radius 2 is 2.24 bits per heavy atom. The summed E-state index contributed by atoms with van der Waals surface area (Å²) in [6, 6.07) is 0. The topological polar surface area (TPSA) is 48.4 Å². The molecule has 0 aliphatic rings. The minimum Gasteiger partial charge on any atom is -0.493 e. The molecule has 0 fully saturated rings. The van der Waals surface area contributed by atoms with Crippen molar-refractivity contribution in [1.82, 2.24) is 4.98 Å². The highest BCUT2D eigenvalue weighted by atomic mass is 127. The van der Waals surface area contributed by atoms with Crippen LogP contribution in [0.5, 0.6) is 5.75 Å². The van der Waals surface area contributed by atoms with Crippen molar-refractivity contribution in [3.8, 4) is 5.75 Å². The average Bonchev–Trinajstić information content (AvgIpc) is 2.28. The fourth-order valence-corrected chi connectivity index (χ4v) is 1.92. The number of carbonyl (C=O) groups is 1. The van der Waals surface area contributed by atoms with Crippen LogP contribution in [0.1, 0.15) is 29.3 Å². The van der Waals surface area contributed by atoms with Crippen molar-refractivity contribution in [3.63, 3.8) is 0 Å². The van der Waals surface area contributed by atoms with Gasteiger partial charge < -0.3 is 9.47 Å². The summed E-state index contributed by atoms with van der Waals surface area (Å²) >= 11 is 1.76. The van der Waals surface area contributed by atoms with Gasteiger partial charge >= 0.3 is 5.97 Å². The minimum atomic E-state index is -2.83. The molecule has 0 saturated heterocycles. The van der Waals surface area contributed by atoms with Gasteiger partial charge in [-0.2, -0.15) is 0 Å². The van der Waals surface area contributed by atoms with E-state index in [1.54, 1.807) is 29.5 Å². The number of carbonyl (C=O) groups excluding carboxylic acids is 1. The first kappa shape index (κ1) is 14.1. The number of pyridine rings is 1. The molecular formula is C10H10F2INO3.